The third-order valence-electron chi connectivity index (χ3n) is 4.78. The molecular weight excluding hydrogens is 432 g/mol. The van der Waals surface area contributed by atoms with Crippen molar-refractivity contribution in [1.82, 2.24) is 10.6 Å². The van der Waals surface area contributed by atoms with Gasteiger partial charge < -0.3 is 24.3 Å². The van der Waals surface area contributed by atoms with Crippen molar-refractivity contribution in [3.8, 4) is 17.2 Å². The third kappa shape index (κ3) is 5.00. The molecular formula is C23H26N2O6S. The van der Waals surface area contributed by atoms with Gasteiger partial charge in [0.2, 0.25) is 5.75 Å². The van der Waals surface area contributed by atoms with Gasteiger partial charge in [-0.25, -0.2) is 4.79 Å². The molecule has 2 unspecified atom stereocenters. The lowest BCUT2D eigenvalue weighted by molar-refractivity contribution is -0.139. The fourth-order valence-corrected chi connectivity index (χ4v) is 3.77. The summed E-state index contributed by atoms with van der Waals surface area (Å²) < 4.78 is 21.6. The van der Waals surface area contributed by atoms with E-state index in [0.29, 0.717) is 16.8 Å². The fourth-order valence-electron chi connectivity index (χ4n) is 3.49. The topological polar surface area (TPSA) is 95.1 Å². The average molecular weight is 459 g/mol. The summed E-state index contributed by atoms with van der Waals surface area (Å²) in [6, 6.07) is 12.2. The summed E-state index contributed by atoms with van der Waals surface area (Å²) in [6.07, 6.45) is 0. The molecule has 2 aromatic rings. The Kier molecular flexibility index (Phi) is 7.66. The second kappa shape index (κ2) is 10.4. The van der Waals surface area contributed by atoms with Crippen molar-refractivity contribution < 1.29 is 28.5 Å². The molecule has 0 bridgehead atoms. The van der Waals surface area contributed by atoms with E-state index in [0.717, 1.165) is 5.56 Å². The zero-order valence-corrected chi connectivity index (χ0v) is 19.2. The first-order valence-corrected chi connectivity index (χ1v) is 10.5. The number of hydrogen-bond acceptors (Lipinski definition) is 9. The number of ether oxygens (including phenoxy) is 4. The maximum Gasteiger partial charge on any atom is 0.338 e. The predicted molar refractivity (Wildman–Crippen MR) is 123 cm³/mol. The minimum Gasteiger partial charge on any atom is -0.493 e. The van der Waals surface area contributed by atoms with Crippen LogP contribution >= 0.6 is 12.6 Å². The minimum atomic E-state index is -0.609. The maximum atomic E-state index is 13.1. The quantitative estimate of drug-likeness (QED) is 0.331. The largest absolute Gasteiger partial charge is 0.493 e. The Morgan fingerprint density at radius 2 is 1.69 bits per heavy atom. The standard InChI is InChI=1S/C23H26N2O6S/c1-5-30-22(27)18-19(14-9-7-6-8-10-14)24-23(32)25-20(18)15-11-16(28-3)21(31-13(2)26)17(12-15)29-4/h6-12,20,23-25,32H,5H2,1-4H3. The summed E-state index contributed by atoms with van der Waals surface area (Å²) in [7, 11) is 2.92. The molecule has 0 spiro atoms. The Hall–Kier alpha value is -3.17. The molecule has 1 aliphatic rings. The zero-order chi connectivity index (χ0) is 23.3. The summed E-state index contributed by atoms with van der Waals surface area (Å²) >= 11 is 4.56. The molecule has 32 heavy (non-hydrogen) atoms. The van der Waals surface area contributed by atoms with Crippen LogP contribution < -0.4 is 24.8 Å². The predicted octanol–water partition coefficient (Wildman–Crippen LogP) is 3.05. The molecule has 0 aliphatic carbocycles. The summed E-state index contributed by atoms with van der Waals surface area (Å²) in [4.78, 5) is 24.6. The van der Waals surface area contributed by atoms with Gasteiger partial charge in [0.05, 0.1) is 38.1 Å². The molecule has 2 atom stereocenters. The van der Waals surface area contributed by atoms with Crippen LogP contribution in [0.5, 0.6) is 17.2 Å². The van der Waals surface area contributed by atoms with E-state index in [1.54, 1.807) is 19.1 Å². The van der Waals surface area contributed by atoms with Gasteiger partial charge in [0, 0.05) is 6.92 Å². The van der Waals surface area contributed by atoms with Crippen molar-refractivity contribution in [2.24, 2.45) is 0 Å². The van der Waals surface area contributed by atoms with Gasteiger partial charge in [-0.3, -0.25) is 10.1 Å². The minimum absolute atomic E-state index is 0.160. The average Bonchev–Trinajstić information content (AvgIpc) is 2.78. The van der Waals surface area contributed by atoms with Crippen LogP contribution in [0.2, 0.25) is 0 Å². The Labute approximate surface area is 192 Å². The molecule has 0 fully saturated rings. The van der Waals surface area contributed by atoms with Crippen LogP contribution in [-0.4, -0.2) is 38.3 Å². The van der Waals surface area contributed by atoms with Crippen molar-refractivity contribution in [2.75, 3.05) is 20.8 Å². The number of esters is 2. The molecule has 170 valence electrons. The van der Waals surface area contributed by atoms with Crippen molar-refractivity contribution in [3.05, 3.63) is 59.2 Å². The van der Waals surface area contributed by atoms with E-state index in [1.807, 2.05) is 30.3 Å². The molecule has 0 saturated heterocycles. The number of methoxy groups -OCH3 is 2. The van der Waals surface area contributed by atoms with Crippen molar-refractivity contribution in [1.29, 1.82) is 0 Å². The van der Waals surface area contributed by atoms with Crippen LogP contribution in [0.1, 0.15) is 31.0 Å². The monoisotopic (exact) mass is 458 g/mol. The summed E-state index contributed by atoms with van der Waals surface area (Å²) in [5, 5.41) is 6.48. The summed E-state index contributed by atoms with van der Waals surface area (Å²) in [6.45, 7) is 3.26. The van der Waals surface area contributed by atoms with Crippen LogP contribution in [0.4, 0.5) is 0 Å². The summed E-state index contributed by atoms with van der Waals surface area (Å²) in [5.41, 5.74) is 1.99. The van der Waals surface area contributed by atoms with E-state index < -0.39 is 23.5 Å². The lowest BCUT2D eigenvalue weighted by atomic mass is 9.92. The highest BCUT2D eigenvalue weighted by Crippen LogP contribution is 2.43. The second-order valence-corrected chi connectivity index (χ2v) is 7.39. The molecule has 0 saturated carbocycles. The van der Waals surface area contributed by atoms with Crippen molar-refractivity contribution in [2.45, 2.75) is 25.4 Å². The van der Waals surface area contributed by atoms with E-state index >= 15 is 0 Å². The smallest absolute Gasteiger partial charge is 0.338 e. The first-order chi connectivity index (χ1) is 15.4. The molecule has 0 radical (unpaired) electrons. The van der Waals surface area contributed by atoms with Gasteiger partial charge in [-0.2, -0.15) is 0 Å². The molecule has 9 heteroatoms. The molecule has 8 nitrogen and oxygen atoms in total. The SMILES string of the molecule is CCOC(=O)C1=C(c2ccccc2)NC(S)NC1c1cc(OC)c(OC(C)=O)c(OC)c1. The first-order valence-electron chi connectivity index (χ1n) is 10.0. The van der Waals surface area contributed by atoms with E-state index in [9.17, 15) is 9.59 Å². The number of carbonyl (C=O) groups excluding carboxylic acids is 2. The molecule has 0 aromatic heterocycles. The Morgan fingerprint density at radius 3 is 2.22 bits per heavy atom. The van der Waals surface area contributed by atoms with Gasteiger partial charge in [-0.15, -0.1) is 12.6 Å². The fraction of sp³-hybridized carbons (Fsp3) is 0.304. The lowest BCUT2D eigenvalue weighted by Gasteiger charge is -2.34. The second-order valence-electron chi connectivity index (χ2n) is 6.87. The first kappa shape index (κ1) is 23.5. The van der Waals surface area contributed by atoms with Gasteiger partial charge >= 0.3 is 11.9 Å². The van der Waals surface area contributed by atoms with Gasteiger partial charge in [0.1, 0.15) is 5.50 Å². The number of thiol groups is 1. The molecule has 2 aromatic carbocycles. The third-order valence-corrected chi connectivity index (χ3v) is 5.06. The van der Waals surface area contributed by atoms with Gasteiger partial charge in [0.15, 0.2) is 11.5 Å². The van der Waals surface area contributed by atoms with Crippen LogP contribution in [0.3, 0.4) is 0 Å². The van der Waals surface area contributed by atoms with E-state index in [2.05, 4.69) is 23.3 Å². The number of hydrogen-bond donors (Lipinski definition) is 3. The number of carbonyl (C=O) groups is 2. The van der Waals surface area contributed by atoms with Crippen LogP contribution in [0, 0.1) is 0 Å². The molecule has 1 aliphatic heterocycles. The van der Waals surface area contributed by atoms with Gasteiger partial charge in [0.25, 0.3) is 0 Å². The van der Waals surface area contributed by atoms with Crippen LogP contribution in [0.15, 0.2) is 48.0 Å². The van der Waals surface area contributed by atoms with Gasteiger partial charge in [-0.1, -0.05) is 30.3 Å². The highest BCUT2D eigenvalue weighted by atomic mass is 32.1. The van der Waals surface area contributed by atoms with E-state index in [-0.39, 0.29) is 23.9 Å². The summed E-state index contributed by atoms with van der Waals surface area (Å²) in [5.74, 6) is -0.250. The Bertz CT molecular complexity index is 999. The van der Waals surface area contributed by atoms with Crippen LogP contribution in [0.25, 0.3) is 5.70 Å². The van der Waals surface area contributed by atoms with Crippen molar-refractivity contribution in [3.63, 3.8) is 0 Å². The Balaban J connectivity index is 2.21. The molecule has 1 heterocycles. The van der Waals surface area contributed by atoms with Gasteiger partial charge in [-0.05, 0) is 30.2 Å². The highest BCUT2D eigenvalue weighted by Gasteiger charge is 2.35. The van der Waals surface area contributed by atoms with Crippen LogP contribution in [-0.2, 0) is 14.3 Å². The van der Waals surface area contributed by atoms with E-state index in [4.69, 9.17) is 18.9 Å². The molecule has 0 amide bonds. The van der Waals surface area contributed by atoms with Crippen molar-refractivity contribution >= 4 is 30.3 Å². The number of nitrogens with one attached hydrogen (secondary N) is 2. The number of rotatable bonds is 7. The number of benzene rings is 2. The zero-order valence-electron chi connectivity index (χ0n) is 18.3. The maximum absolute atomic E-state index is 13.1. The van der Waals surface area contributed by atoms with E-state index in [1.165, 1.54) is 21.1 Å². The normalized spacial score (nSPS) is 17.9. The highest BCUT2D eigenvalue weighted by molar-refractivity contribution is 7.80. The Morgan fingerprint density at radius 1 is 1.06 bits per heavy atom. The molecule has 2 N–H and O–H groups in total. The molecule has 3 rings (SSSR count). The lowest BCUT2D eigenvalue weighted by Crippen LogP contribution is -2.46.